The van der Waals surface area contributed by atoms with Crippen LogP contribution in [0.2, 0.25) is 0 Å². The van der Waals surface area contributed by atoms with Gasteiger partial charge < -0.3 is 4.90 Å². The number of nitro groups is 1. The monoisotopic (exact) mass is 325 g/mol. The Morgan fingerprint density at radius 1 is 1.27 bits per heavy atom. The van der Waals surface area contributed by atoms with Gasteiger partial charge in [0.05, 0.1) is 9.82 Å². The number of nitro benzene ring substituents is 1. The molecule has 0 bridgehead atoms. The van der Waals surface area contributed by atoms with Gasteiger partial charge in [-0.3, -0.25) is 15.0 Å². The standard InChI is InChI=1S/C14H19N3O4S/c1-22(20,21)12-4-5-13(14(9-12)17(18)19)16-8-7-15-6-2-3-11(15)10-16/h4-5,9,11H,2-3,6-8,10H2,1H3/t11-/m0/s1. The van der Waals surface area contributed by atoms with Crippen LogP contribution in [0.4, 0.5) is 11.4 Å². The Kier molecular flexibility index (Phi) is 3.82. The largest absolute Gasteiger partial charge is 0.363 e. The minimum absolute atomic E-state index is 0.0116. The molecule has 120 valence electrons. The van der Waals surface area contributed by atoms with Crippen LogP contribution in [-0.4, -0.2) is 56.7 Å². The van der Waals surface area contributed by atoms with Crippen molar-refractivity contribution in [3.05, 3.63) is 28.3 Å². The summed E-state index contributed by atoms with van der Waals surface area (Å²) in [5.41, 5.74) is 0.387. The zero-order valence-electron chi connectivity index (χ0n) is 12.4. The predicted molar refractivity (Wildman–Crippen MR) is 83.0 cm³/mol. The van der Waals surface area contributed by atoms with Crippen LogP contribution in [0.25, 0.3) is 0 Å². The average molecular weight is 325 g/mol. The number of sulfone groups is 1. The molecule has 2 heterocycles. The molecule has 3 rings (SSSR count). The van der Waals surface area contributed by atoms with Gasteiger partial charge in [-0.15, -0.1) is 0 Å². The van der Waals surface area contributed by atoms with E-state index in [4.69, 9.17) is 0 Å². The third-order valence-electron chi connectivity index (χ3n) is 4.50. The number of hydrogen-bond donors (Lipinski definition) is 0. The second kappa shape index (κ2) is 5.51. The van der Waals surface area contributed by atoms with Crippen LogP contribution in [0, 0.1) is 10.1 Å². The Morgan fingerprint density at radius 2 is 2.05 bits per heavy atom. The summed E-state index contributed by atoms with van der Waals surface area (Å²) >= 11 is 0. The van der Waals surface area contributed by atoms with Crippen molar-refractivity contribution in [2.24, 2.45) is 0 Å². The molecule has 0 saturated carbocycles. The molecule has 0 radical (unpaired) electrons. The summed E-state index contributed by atoms with van der Waals surface area (Å²) in [6.07, 6.45) is 3.35. The van der Waals surface area contributed by atoms with Gasteiger partial charge in [-0.25, -0.2) is 8.42 Å². The summed E-state index contributed by atoms with van der Waals surface area (Å²) < 4.78 is 23.2. The van der Waals surface area contributed by atoms with Crippen molar-refractivity contribution in [2.45, 2.75) is 23.8 Å². The van der Waals surface area contributed by atoms with Crippen molar-refractivity contribution >= 4 is 21.2 Å². The van der Waals surface area contributed by atoms with E-state index in [9.17, 15) is 18.5 Å². The van der Waals surface area contributed by atoms with Crippen molar-refractivity contribution in [3.8, 4) is 0 Å². The van der Waals surface area contributed by atoms with Crippen molar-refractivity contribution < 1.29 is 13.3 Å². The summed E-state index contributed by atoms with van der Waals surface area (Å²) in [5, 5.41) is 11.3. The van der Waals surface area contributed by atoms with Crippen LogP contribution >= 0.6 is 0 Å². The number of fused-ring (bicyclic) bond motifs is 1. The maximum Gasteiger partial charge on any atom is 0.293 e. The SMILES string of the molecule is CS(=O)(=O)c1ccc(N2CCN3CCC[C@H]3C2)c([N+](=O)[O-])c1. The van der Waals surface area contributed by atoms with Gasteiger partial charge in [-0.05, 0) is 31.5 Å². The maximum atomic E-state index is 11.6. The first kappa shape index (κ1) is 15.2. The number of nitrogens with zero attached hydrogens (tertiary/aromatic N) is 3. The highest BCUT2D eigenvalue weighted by atomic mass is 32.2. The van der Waals surface area contributed by atoms with E-state index in [0.29, 0.717) is 11.7 Å². The zero-order valence-corrected chi connectivity index (χ0v) is 13.3. The Balaban J connectivity index is 1.94. The molecule has 7 nitrogen and oxygen atoms in total. The molecule has 0 N–H and O–H groups in total. The lowest BCUT2D eigenvalue weighted by molar-refractivity contribution is -0.384. The van der Waals surface area contributed by atoms with E-state index >= 15 is 0 Å². The van der Waals surface area contributed by atoms with Gasteiger partial charge >= 0.3 is 0 Å². The molecule has 0 spiro atoms. The van der Waals surface area contributed by atoms with Crippen LogP contribution in [0.1, 0.15) is 12.8 Å². The van der Waals surface area contributed by atoms with Crippen molar-refractivity contribution in [2.75, 3.05) is 37.3 Å². The third kappa shape index (κ3) is 2.80. The number of hydrogen-bond acceptors (Lipinski definition) is 6. The molecule has 0 aliphatic carbocycles. The minimum Gasteiger partial charge on any atom is -0.363 e. The van der Waals surface area contributed by atoms with Gasteiger partial charge in [-0.1, -0.05) is 0 Å². The highest BCUT2D eigenvalue weighted by Crippen LogP contribution is 2.33. The Hall–Kier alpha value is -1.67. The fraction of sp³-hybridized carbons (Fsp3) is 0.571. The molecule has 2 fully saturated rings. The lowest BCUT2D eigenvalue weighted by Crippen LogP contribution is -2.50. The zero-order chi connectivity index (χ0) is 15.9. The maximum absolute atomic E-state index is 11.6. The Bertz CT molecular complexity index is 704. The van der Waals surface area contributed by atoms with Gasteiger partial charge in [0.1, 0.15) is 5.69 Å². The second-order valence-electron chi connectivity index (χ2n) is 5.96. The Labute approximate surface area is 129 Å². The van der Waals surface area contributed by atoms with E-state index in [1.807, 2.05) is 4.90 Å². The van der Waals surface area contributed by atoms with Crippen LogP contribution in [0.15, 0.2) is 23.1 Å². The highest BCUT2D eigenvalue weighted by Gasteiger charge is 2.33. The Morgan fingerprint density at radius 3 is 2.73 bits per heavy atom. The number of benzene rings is 1. The van der Waals surface area contributed by atoms with Crippen LogP contribution in [-0.2, 0) is 9.84 Å². The molecular formula is C14H19N3O4S. The molecule has 8 heteroatoms. The number of anilines is 1. The summed E-state index contributed by atoms with van der Waals surface area (Å²) in [4.78, 5) is 15.3. The fourth-order valence-electron chi connectivity index (χ4n) is 3.36. The van der Waals surface area contributed by atoms with E-state index in [-0.39, 0.29) is 10.6 Å². The molecule has 2 saturated heterocycles. The molecule has 0 aromatic heterocycles. The number of rotatable bonds is 3. The quantitative estimate of drug-likeness (QED) is 0.615. The van der Waals surface area contributed by atoms with E-state index in [1.54, 1.807) is 6.07 Å². The molecule has 2 aliphatic heterocycles. The lowest BCUT2D eigenvalue weighted by atomic mass is 10.1. The third-order valence-corrected chi connectivity index (χ3v) is 5.61. The molecule has 1 aromatic carbocycles. The average Bonchev–Trinajstić information content (AvgIpc) is 2.92. The van der Waals surface area contributed by atoms with Gasteiger partial charge in [0.25, 0.3) is 5.69 Å². The molecular weight excluding hydrogens is 306 g/mol. The fourth-order valence-corrected chi connectivity index (χ4v) is 4.00. The first-order valence-corrected chi connectivity index (χ1v) is 9.23. The molecule has 2 aliphatic rings. The summed E-state index contributed by atoms with van der Waals surface area (Å²) in [5.74, 6) is 0. The van der Waals surface area contributed by atoms with Crippen molar-refractivity contribution in [1.82, 2.24) is 4.90 Å². The molecule has 0 amide bonds. The topological polar surface area (TPSA) is 83.8 Å². The molecule has 1 aromatic rings. The van der Waals surface area contributed by atoms with E-state index in [2.05, 4.69) is 4.90 Å². The van der Waals surface area contributed by atoms with Gasteiger partial charge in [0, 0.05) is 38.0 Å². The molecule has 1 atom stereocenters. The van der Waals surface area contributed by atoms with Crippen LogP contribution in [0.3, 0.4) is 0 Å². The molecule has 22 heavy (non-hydrogen) atoms. The van der Waals surface area contributed by atoms with Gasteiger partial charge in [0.2, 0.25) is 0 Å². The lowest BCUT2D eigenvalue weighted by Gasteiger charge is -2.38. The smallest absolute Gasteiger partial charge is 0.293 e. The molecule has 0 unspecified atom stereocenters. The second-order valence-corrected chi connectivity index (χ2v) is 7.97. The summed E-state index contributed by atoms with van der Waals surface area (Å²) in [6.45, 7) is 3.50. The van der Waals surface area contributed by atoms with E-state index in [0.717, 1.165) is 38.9 Å². The number of piperazine rings is 1. The van der Waals surface area contributed by atoms with Crippen LogP contribution < -0.4 is 4.90 Å². The van der Waals surface area contributed by atoms with Gasteiger partial charge in [0.15, 0.2) is 9.84 Å². The predicted octanol–water partition coefficient (Wildman–Crippen LogP) is 1.28. The first-order chi connectivity index (χ1) is 10.4. The van der Waals surface area contributed by atoms with Crippen molar-refractivity contribution in [1.29, 1.82) is 0 Å². The normalized spacial score (nSPS) is 22.6. The minimum atomic E-state index is -3.45. The van der Waals surface area contributed by atoms with E-state index < -0.39 is 14.8 Å². The van der Waals surface area contributed by atoms with Crippen LogP contribution in [0.5, 0.6) is 0 Å². The summed E-state index contributed by atoms with van der Waals surface area (Å²) in [7, 11) is -3.45. The van der Waals surface area contributed by atoms with Gasteiger partial charge in [-0.2, -0.15) is 0 Å². The highest BCUT2D eigenvalue weighted by molar-refractivity contribution is 7.90. The first-order valence-electron chi connectivity index (χ1n) is 7.34. The summed E-state index contributed by atoms with van der Waals surface area (Å²) in [6, 6.07) is 4.65. The van der Waals surface area contributed by atoms with Crippen molar-refractivity contribution in [3.63, 3.8) is 0 Å². The van der Waals surface area contributed by atoms with E-state index in [1.165, 1.54) is 18.6 Å².